The van der Waals surface area contributed by atoms with E-state index < -0.39 is 0 Å². The predicted molar refractivity (Wildman–Crippen MR) is 82.2 cm³/mol. The van der Waals surface area contributed by atoms with Crippen LogP contribution in [0.2, 0.25) is 0 Å². The van der Waals surface area contributed by atoms with Crippen LogP contribution in [0.1, 0.15) is 38.2 Å². The SMILES string of the molecule is CCC(=O)Nc1ccc(C)c(NC2CCCOCC2)c1. The van der Waals surface area contributed by atoms with Crippen molar-refractivity contribution < 1.29 is 9.53 Å². The molecule has 1 amide bonds. The van der Waals surface area contributed by atoms with Crippen LogP contribution in [0.3, 0.4) is 0 Å². The molecule has 0 aliphatic carbocycles. The van der Waals surface area contributed by atoms with E-state index in [9.17, 15) is 4.79 Å². The smallest absolute Gasteiger partial charge is 0.224 e. The van der Waals surface area contributed by atoms with E-state index in [0.29, 0.717) is 12.5 Å². The minimum Gasteiger partial charge on any atom is -0.382 e. The lowest BCUT2D eigenvalue weighted by atomic mass is 10.1. The summed E-state index contributed by atoms with van der Waals surface area (Å²) in [5.41, 5.74) is 3.16. The molecule has 1 aliphatic heterocycles. The largest absolute Gasteiger partial charge is 0.382 e. The second-order valence-electron chi connectivity index (χ2n) is 5.32. The van der Waals surface area contributed by atoms with Crippen LogP contribution < -0.4 is 10.6 Å². The highest BCUT2D eigenvalue weighted by Gasteiger charge is 2.13. The van der Waals surface area contributed by atoms with Crippen molar-refractivity contribution in [2.24, 2.45) is 0 Å². The second kappa shape index (κ2) is 7.29. The molecule has 20 heavy (non-hydrogen) atoms. The third-order valence-electron chi connectivity index (χ3n) is 3.65. The van der Waals surface area contributed by atoms with Gasteiger partial charge in [0.15, 0.2) is 0 Å². The van der Waals surface area contributed by atoms with Crippen molar-refractivity contribution in [1.82, 2.24) is 0 Å². The Balaban J connectivity index is 2.05. The van der Waals surface area contributed by atoms with E-state index in [2.05, 4.69) is 17.6 Å². The number of hydrogen-bond acceptors (Lipinski definition) is 3. The molecule has 1 aromatic carbocycles. The molecule has 1 unspecified atom stereocenters. The maximum Gasteiger partial charge on any atom is 0.224 e. The third-order valence-corrected chi connectivity index (χ3v) is 3.65. The first-order valence-corrected chi connectivity index (χ1v) is 7.44. The standard InChI is InChI=1S/C16H24N2O2/c1-3-16(19)18-14-7-6-12(2)15(11-14)17-13-5-4-9-20-10-8-13/h6-7,11,13,17H,3-5,8-10H2,1-2H3,(H,18,19). The number of ether oxygens (including phenoxy) is 1. The van der Waals surface area contributed by atoms with Crippen LogP contribution in [0.25, 0.3) is 0 Å². The van der Waals surface area contributed by atoms with E-state index in [0.717, 1.165) is 43.9 Å². The summed E-state index contributed by atoms with van der Waals surface area (Å²) in [4.78, 5) is 11.5. The lowest BCUT2D eigenvalue weighted by molar-refractivity contribution is -0.115. The van der Waals surface area contributed by atoms with Crippen molar-refractivity contribution in [3.05, 3.63) is 23.8 Å². The van der Waals surface area contributed by atoms with Crippen molar-refractivity contribution in [3.8, 4) is 0 Å². The highest BCUT2D eigenvalue weighted by atomic mass is 16.5. The van der Waals surface area contributed by atoms with Gasteiger partial charge >= 0.3 is 0 Å². The number of aryl methyl sites for hydroxylation is 1. The van der Waals surface area contributed by atoms with Gasteiger partial charge in [0.1, 0.15) is 0 Å². The van der Waals surface area contributed by atoms with Crippen LogP contribution in [0.15, 0.2) is 18.2 Å². The van der Waals surface area contributed by atoms with Crippen molar-refractivity contribution in [3.63, 3.8) is 0 Å². The monoisotopic (exact) mass is 276 g/mol. The van der Waals surface area contributed by atoms with Gasteiger partial charge < -0.3 is 15.4 Å². The molecule has 0 radical (unpaired) electrons. The molecule has 2 rings (SSSR count). The lowest BCUT2D eigenvalue weighted by Gasteiger charge is -2.19. The third kappa shape index (κ3) is 4.23. The highest BCUT2D eigenvalue weighted by molar-refractivity contribution is 5.91. The van der Waals surface area contributed by atoms with Gasteiger partial charge in [-0.25, -0.2) is 0 Å². The molecule has 0 bridgehead atoms. The number of carbonyl (C=O) groups excluding carboxylic acids is 1. The Hall–Kier alpha value is -1.55. The van der Waals surface area contributed by atoms with E-state index >= 15 is 0 Å². The highest BCUT2D eigenvalue weighted by Crippen LogP contribution is 2.23. The number of nitrogens with one attached hydrogen (secondary N) is 2. The van der Waals surface area contributed by atoms with Gasteiger partial charge in [-0.05, 0) is 43.9 Å². The van der Waals surface area contributed by atoms with Crippen molar-refractivity contribution in [2.45, 2.75) is 45.6 Å². The molecular formula is C16H24N2O2. The molecule has 110 valence electrons. The predicted octanol–water partition coefficient (Wildman–Crippen LogP) is 3.32. The van der Waals surface area contributed by atoms with Crippen LogP contribution in [0.4, 0.5) is 11.4 Å². The number of rotatable bonds is 4. The van der Waals surface area contributed by atoms with Gasteiger partial charge in [-0.2, -0.15) is 0 Å². The van der Waals surface area contributed by atoms with Gasteiger partial charge in [-0.3, -0.25) is 4.79 Å². The average molecular weight is 276 g/mol. The van der Waals surface area contributed by atoms with Crippen LogP contribution in [0, 0.1) is 6.92 Å². The van der Waals surface area contributed by atoms with E-state index in [1.165, 1.54) is 5.56 Å². The normalized spacial score (nSPS) is 19.2. The summed E-state index contributed by atoms with van der Waals surface area (Å²) >= 11 is 0. The van der Waals surface area contributed by atoms with Crippen LogP contribution in [-0.4, -0.2) is 25.2 Å². The Morgan fingerprint density at radius 3 is 3.00 bits per heavy atom. The molecule has 0 saturated carbocycles. The number of amides is 1. The van der Waals surface area contributed by atoms with Gasteiger partial charge in [0.25, 0.3) is 0 Å². The van der Waals surface area contributed by atoms with Gasteiger partial charge in [-0.1, -0.05) is 13.0 Å². The van der Waals surface area contributed by atoms with E-state index in [1.54, 1.807) is 0 Å². The summed E-state index contributed by atoms with van der Waals surface area (Å²) in [5.74, 6) is 0.0441. The number of benzene rings is 1. The zero-order valence-electron chi connectivity index (χ0n) is 12.4. The quantitative estimate of drug-likeness (QED) is 0.887. The Kier molecular flexibility index (Phi) is 5.41. The molecular weight excluding hydrogens is 252 g/mol. The molecule has 1 aromatic rings. The minimum absolute atomic E-state index is 0.0441. The maximum atomic E-state index is 11.5. The zero-order valence-corrected chi connectivity index (χ0v) is 12.4. The Labute approximate surface area is 120 Å². The van der Waals surface area contributed by atoms with Crippen LogP contribution >= 0.6 is 0 Å². The second-order valence-corrected chi connectivity index (χ2v) is 5.32. The van der Waals surface area contributed by atoms with Gasteiger partial charge in [-0.15, -0.1) is 0 Å². The fourth-order valence-electron chi connectivity index (χ4n) is 2.37. The Morgan fingerprint density at radius 2 is 2.20 bits per heavy atom. The number of carbonyl (C=O) groups is 1. The summed E-state index contributed by atoms with van der Waals surface area (Å²) in [6.07, 6.45) is 3.76. The van der Waals surface area contributed by atoms with Gasteiger partial charge in [0.05, 0.1) is 0 Å². The van der Waals surface area contributed by atoms with Crippen LogP contribution in [-0.2, 0) is 9.53 Å². The average Bonchev–Trinajstić information content (AvgIpc) is 2.71. The molecule has 4 nitrogen and oxygen atoms in total. The van der Waals surface area contributed by atoms with E-state index in [1.807, 2.05) is 25.1 Å². The molecule has 1 fully saturated rings. The van der Waals surface area contributed by atoms with Crippen LogP contribution in [0.5, 0.6) is 0 Å². The van der Waals surface area contributed by atoms with Crippen molar-refractivity contribution in [2.75, 3.05) is 23.8 Å². The molecule has 4 heteroatoms. The van der Waals surface area contributed by atoms with Crippen molar-refractivity contribution in [1.29, 1.82) is 0 Å². The summed E-state index contributed by atoms with van der Waals surface area (Å²) in [6, 6.07) is 6.47. The first kappa shape index (κ1) is 14.9. The molecule has 0 spiro atoms. The first-order valence-electron chi connectivity index (χ1n) is 7.44. The topological polar surface area (TPSA) is 50.4 Å². The van der Waals surface area contributed by atoms with Gasteiger partial charge in [0, 0.05) is 37.1 Å². The molecule has 1 saturated heterocycles. The van der Waals surface area contributed by atoms with E-state index in [-0.39, 0.29) is 5.91 Å². The maximum absolute atomic E-state index is 11.5. The first-order chi connectivity index (χ1) is 9.69. The fraction of sp³-hybridized carbons (Fsp3) is 0.562. The lowest BCUT2D eigenvalue weighted by Crippen LogP contribution is -2.20. The minimum atomic E-state index is 0.0441. The Bertz CT molecular complexity index is 452. The number of hydrogen-bond donors (Lipinski definition) is 2. The Morgan fingerprint density at radius 1 is 1.35 bits per heavy atom. The van der Waals surface area contributed by atoms with Crippen molar-refractivity contribution >= 4 is 17.3 Å². The summed E-state index contributed by atoms with van der Waals surface area (Å²) in [5, 5.41) is 6.49. The molecule has 2 N–H and O–H groups in total. The fourth-order valence-corrected chi connectivity index (χ4v) is 2.37. The zero-order chi connectivity index (χ0) is 14.4. The van der Waals surface area contributed by atoms with Gasteiger partial charge in [0.2, 0.25) is 5.91 Å². The molecule has 1 aliphatic rings. The van der Waals surface area contributed by atoms with E-state index in [4.69, 9.17) is 4.74 Å². The number of anilines is 2. The summed E-state index contributed by atoms with van der Waals surface area (Å²) in [7, 11) is 0. The molecule has 1 heterocycles. The molecule has 0 aromatic heterocycles. The summed E-state index contributed by atoms with van der Waals surface area (Å²) in [6.45, 7) is 5.63. The molecule has 1 atom stereocenters. The summed E-state index contributed by atoms with van der Waals surface area (Å²) < 4.78 is 5.49.